The van der Waals surface area contributed by atoms with Crippen LogP contribution in [0.25, 0.3) is 21.7 Å². The van der Waals surface area contributed by atoms with Crippen molar-refractivity contribution in [1.29, 1.82) is 0 Å². The average molecular weight is 708 g/mol. The van der Waals surface area contributed by atoms with Gasteiger partial charge in [0.2, 0.25) is 23.6 Å². The number of primary amides is 1. The molecule has 0 unspecified atom stereocenters. The summed E-state index contributed by atoms with van der Waals surface area (Å²) in [5.74, 6) is -2.18. The molecule has 1 heterocycles. The van der Waals surface area contributed by atoms with Gasteiger partial charge in [0.1, 0.15) is 23.8 Å². The highest BCUT2D eigenvalue weighted by atomic mass is 32.1. The Kier molecular flexibility index (Phi) is 15.1. The van der Waals surface area contributed by atoms with Gasteiger partial charge in [-0.3, -0.25) is 19.2 Å². The van der Waals surface area contributed by atoms with E-state index in [0.29, 0.717) is 0 Å². The average Bonchev–Trinajstić information content (AvgIpc) is 3.43. The van der Waals surface area contributed by atoms with Crippen molar-refractivity contribution in [1.82, 2.24) is 20.9 Å². The predicted molar refractivity (Wildman–Crippen MR) is 204 cm³/mol. The van der Waals surface area contributed by atoms with Crippen molar-refractivity contribution < 1.29 is 24.9 Å². The van der Waals surface area contributed by atoms with Gasteiger partial charge in [-0.15, -0.1) is 0 Å². The molecule has 4 aromatic carbocycles. The molecule has 3 atom stereocenters. The summed E-state index contributed by atoms with van der Waals surface area (Å²) >= 11 is 0. The van der Waals surface area contributed by atoms with E-state index < -0.39 is 35.8 Å². The van der Waals surface area contributed by atoms with E-state index in [1.807, 2.05) is 91.0 Å². The fourth-order valence-corrected chi connectivity index (χ4v) is 5.46. The predicted octanol–water partition coefficient (Wildman–Crippen LogP) is 2.52. The van der Waals surface area contributed by atoms with Crippen molar-refractivity contribution >= 4 is 91.5 Å². The molecule has 0 aliphatic rings. The summed E-state index contributed by atoms with van der Waals surface area (Å²) in [5, 5.41) is 11.3. The van der Waals surface area contributed by atoms with Crippen LogP contribution >= 0.6 is 40.5 Å². The molecule has 254 valence electrons. The van der Waals surface area contributed by atoms with E-state index in [9.17, 15) is 19.2 Å². The highest BCUT2D eigenvalue weighted by Gasteiger charge is 2.30. The van der Waals surface area contributed by atoms with Gasteiger partial charge < -0.3 is 32.4 Å². The first-order valence-corrected chi connectivity index (χ1v) is 14.8. The van der Waals surface area contributed by atoms with Crippen LogP contribution in [0.2, 0.25) is 0 Å². The van der Waals surface area contributed by atoms with Crippen LogP contribution in [0.3, 0.4) is 0 Å². The molecule has 4 amide bonds. The molecule has 9 N–H and O–H groups in total. The van der Waals surface area contributed by atoms with Crippen LogP contribution in [0.1, 0.15) is 23.6 Å². The maximum atomic E-state index is 13.8. The Morgan fingerprint density at radius 2 is 1.25 bits per heavy atom. The molecule has 48 heavy (non-hydrogen) atoms. The van der Waals surface area contributed by atoms with Crippen LogP contribution in [-0.2, 0) is 38.4 Å². The summed E-state index contributed by atoms with van der Waals surface area (Å²) in [6.07, 6.45) is 2.31. The normalized spacial score (nSPS) is 12.3. The third-order valence-electron chi connectivity index (χ3n) is 7.80. The number of hydrogen-bond donors (Lipinski definition) is 6. The molecule has 0 bridgehead atoms. The Labute approximate surface area is 300 Å². The molecule has 0 aliphatic carbocycles. The minimum atomic E-state index is -1.06. The Morgan fingerprint density at radius 1 is 0.688 bits per heavy atom. The molecule has 0 spiro atoms. The number of nitrogens with one attached hydrogen (secondary N) is 4. The number of H-pyrrole nitrogens is 1. The van der Waals surface area contributed by atoms with Gasteiger partial charge in [0.15, 0.2) is 0 Å². The summed E-state index contributed by atoms with van der Waals surface area (Å²) in [6, 6.07) is 25.6. The largest absolute Gasteiger partial charge is 0.368 e. The van der Waals surface area contributed by atoms with E-state index in [1.54, 1.807) is 6.20 Å². The topological polar surface area (TPSA) is 174 Å². The van der Waals surface area contributed by atoms with Gasteiger partial charge in [0, 0.05) is 43.3 Å². The minimum Gasteiger partial charge on any atom is -0.368 e. The summed E-state index contributed by atoms with van der Waals surface area (Å²) in [7, 11) is 0. The van der Waals surface area contributed by atoms with Crippen molar-refractivity contribution in [2.75, 3.05) is 0 Å². The lowest BCUT2D eigenvalue weighted by molar-refractivity contribution is -0.254. The number of quaternary nitrogens is 1. The first kappa shape index (κ1) is 39.7. The zero-order valence-corrected chi connectivity index (χ0v) is 29.5. The van der Waals surface area contributed by atoms with Crippen molar-refractivity contribution in [3.8, 4) is 0 Å². The number of amides is 4. The summed E-state index contributed by atoms with van der Waals surface area (Å²) < 4.78 is 0. The van der Waals surface area contributed by atoms with Gasteiger partial charge in [-0.2, -0.15) is 40.5 Å². The fourth-order valence-electron chi connectivity index (χ4n) is 5.46. The number of aromatic nitrogens is 1. The third kappa shape index (κ3) is 10.3. The number of hydrogen-bond acceptors (Lipinski definition) is 4. The smallest absolute Gasteiger partial charge is 0.243 e. The molecule has 5 aromatic rings. The molecule has 0 saturated carbocycles. The Balaban J connectivity index is 0.00000267. The van der Waals surface area contributed by atoms with Crippen LogP contribution in [0.5, 0.6) is 0 Å². The van der Waals surface area contributed by atoms with Crippen LogP contribution in [0.4, 0.5) is 5.69 Å². The van der Waals surface area contributed by atoms with E-state index in [-0.39, 0.29) is 65.7 Å². The SMILES string of the molecule is CC(=O)N[C@@H](Cc1ccc2ccccc2c1)C(=O)N[C@@H](Cc1ccc([NH3+])cc1)C(=O)N[C@@H](Cc1c[nH]c2ccccc12)C(N)=O.S.S.S. The minimum absolute atomic E-state index is 0. The van der Waals surface area contributed by atoms with Crippen molar-refractivity contribution in [3.63, 3.8) is 0 Å². The summed E-state index contributed by atoms with van der Waals surface area (Å²) in [4.78, 5) is 55.3. The molecule has 0 aliphatic heterocycles. The molecular formula is C35H43N6O4S3+. The number of aromatic amines is 1. The molecule has 0 saturated heterocycles. The maximum Gasteiger partial charge on any atom is 0.243 e. The lowest BCUT2D eigenvalue weighted by Gasteiger charge is -2.25. The van der Waals surface area contributed by atoms with E-state index in [2.05, 4.69) is 26.7 Å². The highest BCUT2D eigenvalue weighted by molar-refractivity contribution is 7.59. The number of fused-ring (bicyclic) bond motifs is 2. The standard InChI is InChI=1S/C35H36N6O4.3H2S/c1-21(42)39-31(18-23-10-13-24-6-2-3-7-25(24)16-23)34(44)41-32(17-22-11-14-27(36)15-12-22)35(45)40-30(33(37)43)19-26-20-38-29-9-5-4-8-28(26)29;;;/h2-16,20,30-32,38H,17-19,36H2,1H3,(H2,37,43)(H,39,42)(H,40,45)(H,41,44);3*1H2/p+1/t30-,31-,32-;;;/m0.../s1. The van der Waals surface area contributed by atoms with Crippen molar-refractivity contribution in [2.45, 2.75) is 44.3 Å². The highest BCUT2D eigenvalue weighted by Crippen LogP contribution is 2.20. The van der Waals surface area contributed by atoms with Crippen molar-refractivity contribution in [2.24, 2.45) is 5.73 Å². The Bertz CT molecular complexity index is 1860. The van der Waals surface area contributed by atoms with E-state index in [0.717, 1.165) is 44.1 Å². The summed E-state index contributed by atoms with van der Waals surface area (Å²) in [6.45, 7) is 1.34. The quantitative estimate of drug-likeness (QED) is 0.117. The van der Waals surface area contributed by atoms with Crippen LogP contribution in [-0.4, -0.2) is 46.7 Å². The Hall–Kier alpha value is -4.43. The van der Waals surface area contributed by atoms with Gasteiger partial charge in [-0.05, 0) is 45.7 Å². The second kappa shape index (κ2) is 18.2. The lowest BCUT2D eigenvalue weighted by atomic mass is 9.99. The van der Waals surface area contributed by atoms with Gasteiger partial charge in [0.25, 0.3) is 0 Å². The van der Waals surface area contributed by atoms with E-state index in [4.69, 9.17) is 5.73 Å². The van der Waals surface area contributed by atoms with Gasteiger partial charge in [-0.25, -0.2) is 0 Å². The summed E-state index contributed by atoms with van der Waals surface area (Å²) in [5.41, 5.74) is 13.8. The molecule has 13 heteroatoms. The molecule has 1 aromatic heterocycles. The monoisotopic (exact) mass is 707 g/mol. The number of rotatable bonds is 12. The fraction of sp³-hybridized carbons (Fsp3) is 0.200. The van der Waals surface area contributed by atoms with Crippen LogP contribution in [0, 0.1) is 0 Å². The number of para-hydroxylation sites is 1. The first-order valence-electron chi connectivity index (χ1n) is 14.8. The second-order valence-corrected chi connectivity index (χ2v) is 11.2. The first-order chi connectivity index (χ1) is 21.7. The Morgan fingerprint density at radius 3 is 1.92 bits per heavy atom. The zero-order valence-electron chi connectivity index (χ0n) is 26.5. The molecule has 0 radical (unpaired) electrons. The maximum absolute atomic E-state index is 13.8. The third-order valence-corrected chi connectivity index (χ3v) is 7.80. The van der Waals surface area contributed by atoms with Crippen molar-refractivity contribution in [3.05, 3.63) is 114 Å². The van der Waals surface area contributed by atoms with Crippen LogP contribution in [0.15, 0.2) is 97.2 Å². The number of nitrogens with two attached hydrogens (primary N) is 1. The number of carbonyl (C=O) groups excluding carboxylic acids is 4. The molecule has 10 nitrogen and oxygen atoms in total. The van der Waals surface area contributed by atoms with Gasteiger partial charge in [0.05, 0.1) is 0 Å². The number of carbonyl (C=O) groups is 4. The van der Waals surface area contributed by atoms with Crippen LogP contribution < -0.4 is 27.4 Å². The molecule has 0 fully saturated rings. The zero-order chi connectivity index (χ0) is 31.9. The molecular weight excluding hydrogens is 665 g/mol. The van der Waals surface area contributed by atoms with E-state index in [1.165, 1.54) is 6.92 Å². The van der Waals surface area contributed by atoms with Gasteiger partial charge in [-0.1, -0.05) is 72.8 Å². The van der Waals surface area contributed by atoms with Gasteiger partial charge >= 0.3 is 0 Å². The van der Waals surface area contributed by atoms with E-state index >= 15 is 0 Å². The second-order valence-electron chi connectivity index (χ2n) is 11.2. The number of benzene rings is 4. The lowest BCUT2D eigenvalue weighted by Crippen LogP contribution is -2.57. The molecule has 5 rings (SSSR count).